The van der Waals surface area contributed by atoms with Crippen LogP contribution in [0.4, 0.5) is 0 Å². The lowest BCUT2D eigenvalue weighted by Gasteiger charge is -2.07. The van der Waals surface area contributed by atoms with Gasteiger partial charge in [0.15, 0.2) is 0 Å². The summed E-state index contributed by atoms with van der Waals surface area (Å²) in [5.41, 5.74) is 3.00. The van der Waals surface area contributed by atoms with Crippen LogP contribution in [0.5, 0.6) is 0 Å². The van der Waals surface area contributed by atoms with E-state index in [1.807, 2.05) is 47.0 Å². The number of hydrogen-bond acceptors (Lipinski definition) is 6. The zero-order valence-electron chi connectivity index (χ0n) is 16.7. The van der Waals surface area contributed by atoms with Crippen molar-refractivity contribution in [2.75, 3.05) is 12.5 Å². The van der Waals surface area contributed by atoms with Crippen LogP contribution < -0.4 is 0 Å². The van der Waals surface area contributed by atoms with Crippen LogP contribution in [-0.2, 0) is 12.8 Å². The van der Waals surface area contributed by atoms with Crippen LogP contribution in [0.25, 0.3) is 0 Å². The maximum atomic E-state index is 2.38. The lowest BCUT2D eigenvalue weighted by molar-refractivity contribution is 0.737. The summed E-state index contributed by atoms with van der Waals surface area (Å²) in [6.07, 6.45) is 14.6. The Kier molecular flexibility index (Phi) is 11.1. The highest BCUT2D eigenvalue weighted by molar-refractivity contribution is 8.36. The van der Waals surface area contributed by atoms with Crippen molar-refractivity contribution in [3.05, 3.63) is 56.0 Å². The Morgan fingerprint density at radius 1 is 0.643 bits per heavy atom. The van der Waals surface area contributed by atoms with Crippen molar-refractivity contribution in [3.63, 3.8) is 0 Å². The van der Waals surface area contributed by atoms with E-state index in [0.29, 0.717) is 7.83 Å². The van der Waals surface area contributed by atoms with Gasteiger partial charge in [0.1, 0.15) is 7.83 Å². The summed E-state index contributed by atoms with van der Waals surface area (Å²) in [6.45, 7) is 0. The van der Waals surface area contributed by atoms with E-state index < -0.39 is 0 Å². The molecule has 1 aromatic carbocycles. The van der Waals surface area contributed by atoms with Gasteiger partial charge in [-0.05, 0) is 95.6 Å². The molecule has 2 unspecified atom stereocenters. The minimum absolute atomic E-state index is 0.697. The third-order valence-corrected chi connectivity index (χ3v) is 13.6. The van der Waals surface area contributed by atoms with Crippen molar-refractivity contribution in [1.29, 1.82) is 0 Å². The second-order valence-corrected chi connectivity index (χ2v) is 15.1. The third kappa shape index (κ3) is 8.14. The van der Waals surface area contributed by atoms with E-state index in [0.717, 1.165) is 0 Å². The zero-order chi connectivity index (χ0) is 19.6. The van der Waals surface area contributed by atoms with Gasteiger partial charge in [-0.15, -0.1) is 70.6 Å². The van der Waals surface area contributed by atoms with E-state index >= 15 is 0 Å². The van der Waals surface area contributed by atoms with Crippen LogP contribution in [0.3, 0.4) is 0 Å². The van der Waals surface area contributed by atoms with Crippen molar-refractivity contribution in [3.8, 4) is 0 Å². The molecular weight excluding hydrogens is 457 g/mol. The minimum Gasteiger partial charge on any atom is -0.139 e. The van der Waals surface area contributed by atoms with Gasteiger partial charge in [-0.2, -0.15) is 0 Å². The minimum atomic E-state index is 0.697. The summed E-state index contributed by atoms with van der Waals surface area (Å²) in [7, 11) is 0. The van der Waals surface area contributed by atoms with Crippen LogP contribution in [0.1, 0.15) is 49.7 Å². The van der Waals surface area contributed by atoms with Gasteiger partial charge < -0.3 is 0 Å². The molecule has 0 aromatic heterocycles. The summed E-state index contributed by atoms with van der Waals surface area (Å²) in [5.74, 6) is 0. The fraction of sp³-hybridized carbons (Fsp3) is 0.545. The smallest absolute Gasteiger partial charge is 0.104 e. The third-order valence-electron chi connectivity index (χ3n) is 4.80. The molecule has 2 heterocycles. The quantitative estimate of drug-likeness (QED) is 0.268. The van der Waals surface area contributed by atoms with Crippen molar-refractivity contribution >= 4 is 70.6 Å². The van der Waals surface area contributed by atoms with Crippen molar-refractivity contribution in [2.45, 2.75) is 59.2 Å². The van der Waals surface area contributed by atoms with E-state index in [1.165, 1.54) is 62.5 Å². The predicted molar refractivity (Wildman–Crippen MR) is 143 cm³/mol. The number of rotatable bonds is 12. The molecule has 28 heavy (non-hydrogen) atoms. The highest BCUT2D eigenvalue weighted by Crippen LogP contribution is 2.47. The van der Waals surface area contributed by atoms with Crippen LogP contribution in [-0.4, -0.2) is 20.3 Å². The molecule has 2 atom stereocenters. The molecular formula is C22H30S6. The molecule has 0 aliphatic carbocycles. The molecule has 3 rings (SSSR count). The first-order valence-electron chi connectivity index (χ1n) is 9.92. The van der Waals surface area contributed by atoms with Gasteiger partial charge in [-0.1, -0.05) is 24.3 Å². The average molecular weight is 487 g/mol. The standard InChI is InChI=1S/C22H30S6/c1-23-21-25-15-19(27-21)9-5-3-7-17-11-13-18(14-12-17)8-4-6-10-20-16-26-22(24-2)28-20/h11-16,21-22H,3-10H2,1-2H3. The number of unbranched alkanes of at least 4 members (excludes halogenated alkanes) is 2. The normalized spacial score (nSPS) is 21.8. The highest BCUT2D eigenvalue weighted by atomic mass is 32.3. The Balaban J connectivity index is 1.25. The molecule has 6 heteroatoms. The van der Waals surface area contributed by atoms with Crippen LogP contribution in [0.15, 0.2) is 44.9 Å². The second kappa shape index (κ2) is 13.3. The maximum Gasteiger partial charge on any atom is 0.104 e. The number of hydrogen-bond donors (Lipinski definition) is 0. The average Bonchev–Trinajstić information content (AvgIpc) is 3.38. The molecule has 1 aromatic rings. The number of aryl methyl sites for hydroxylation is 2. The van der Waals surface area contributed by atoms with E-state index in [2.05, 4.69) is 71.1 Å². The number of thioether (sulfide) groups is 6. The lowest BCUT2D eigenvalue weighted by Crippen LogP contribution is -1.90. The van der Waals surface area contributed by atoms with Crippen LogP contribution in [0.2, 0.25) is 0 Å². The SMILES string of the molecule is CSC1SC=C(CCCCc2ccc(CCCCC3=CSC(SC)S3)cc2)S1. The predicted octanol–water partition coefficient (Wildman–Crippen LogP) is 9.05. The molecule has 0 bridgehead atoms. The Morgan fingerprint density at radius 3 is 1.39 bits per heavy atom. The summed E-state index contributed by atoms with van der Waals surface area (Å²) in [6, 6.07) is 9.42. The van der Waals surface area contributed by atoms with Gasteiger partial charge >= 0.3 is 0 Å². The number of allylic oxidation sites excluding steroid dienone is 2. The van der Waals surface area contributed by atoms with E-state index in [9.17, 15) is 0 Å². The van der Waals surface area contributed by atoms with E-state index in [1.54, 1.807) is 9.81 Å². The second-order valence-electron chi connectivity index (χ2n) is 6.96. The first-order valence-corrected chi connectivity index (χ1v) is 16.1. The topological polar surface area (TPSA) is 0 Å². The van der Waals surface area contributed by atoms with Crippen LogP contribution >= 0.6 is 70.6 Å². The van der Waals surface area contributed by atoms with Crippen molar-refractivity contribution in [1.82, 2.24) is 0 Å². The Labute approximate surface area is 197 Å². The Hall–Kier alpha value is 0.800. The van der Waals surface area contributed by atoms with Crippen LogP contribution in [0, 0.1) is 0 Å². The van der Waals surface area contributed by atoms with Gasteiger partial charge in [0, 0.05) is 0 Å². The molecule has 0 saturated carbocycles. The fourth-order valence-corrected chi connectivity index (χ4v) is 10.0. The lowest BCUT2D eigenvalue weighted by atomic mass is 10.0. The first-order chi connectivity index (χ1) is 13.8. The number of benzene rings is 1. The molecule has 0 amide bonds. The molecule has 0 saturated heterocycles. The first kappa shape index (κ1) is 23.5. The largest absolute Gasteiger partial charge is 0.139 e. The zero-order valence-corrected chi connectivity index (χ0v) is 21.6. The molecule has 154 valence electrons. The maximum absolute atomic E-state index is 2.38. The van der Waals surface area contributed by atoms with Gasteiger partial charge in [0.2, 0.25) is 0 Å². The van der Waals surface area contributed by atoms with Gasteiger partial charge in [-0.25, -0.2) is 0 Å². The summed E-state index contributed by atoms with van der Waals surface area (Å²) >= 11 is 12.0. The molecule has 0 radical (unpaired) electrons. The summed E-state index contributed by atoms with van der Waals surface area (Å²) < 4.78 is 1.39. The monoisotopic (exact) mass is 486 g/mol. The molecule has 0 spiro atoms. The fourth-order valence-electron chi connectivity index (χ4n) is 3.19. The summed E-state index contributed by atoms with van der Waals surface area (Å²) in [4.78, 5) is 3.18. The van der Waals surface area contributed by atoms with E-state index in [4.69, 9.17) is 0 Å². The highest BCUT2D eigenvalue weighted by Gasteiger charge is 2.17. The van der Waals surface area contributed by atoms with Gasteiger partial charge in [0.25, 0.3) is 0 Å². The molecule has 2 aliphatic heterocycles. The molecule has 0 nitrogen and oxygen atoms in total. The van der Waals surface area contributed by atoms with Gasteiger partial charge in [0.05, 0.1) is 0 Å². The Morgan fingerprint density at radius 2 is 1.04 bits per heavy atom. The van der Waals surface area contributed by atoms with Gasteiger partial charge in [-0.3, -0.25) is 0 Å². The molecule has 2 aliphatic rings. The Bertz CT molecular complexity index is 594. The van der Waals surface area contributed by atoms with Crippen molar-refractivity contribution in [2.24, 2.45) is 0 Å². The van der Waals surface area contributed by atoms with Crippen molar-refractivity contribution < 1.29 is 0 Å². The summed E-state index contributed by atoms with van der Waals surface area (Å²) in [5, 5.41) is 4.75. The van der Waals surface area contributed by atoms with E-state index in [-0.39, 0.29) is 0 Å². The molecule has 0 fully saturated rings. The molecule has 0 N–H and O–H groups in total.